The fourth-order valence-electron chi connectivity index (χ4n) is 1.21. The molecule has 1 aliphatic heterocycles. The molecule has 0 saturated heterocycles. The number of hydrogen-bond donors (Lipinski definition) is 3. The maximum absolute atomic E-state index is 11.6. The summed E-state index contributed by atoms with van der Waals surface area (Å²) in [5.74, 6) is -0.0753. The Bertz CT molecular complexity index is 269. The summed E-state index contributed by atoms with van der Waals surface area (Å²) in [7, 11) is 0. The highest BCUT2D eigenvalue weighted by Gasteiger charge is 2.12. The first kappa shape index (κ1) is 10.6. The second kappa shape index (κ2) is 5.32. The van der Waals surface area contributed by atoms with Crippen LogP contribution in [0, 0.1) is 0 Å². The quantitative estimate of drug-likeness (QED) is 0.563. The van der Waals surface area contributed by atoms with Gasteiger partial charge < -0.3 is 16.4 Å². The molecule has 4 heteroatoms. The summed E-state index contributed by atoms with van der Waals surface area (Å²) in [4.78, 5) is 11.6. The van der Waals surface area contributed by atoms with E-state index in [0.717, 1.165) is 12.8 Å². The van der Waals surface area contributed by atoms with E-state index in [-0.39, 0.29) is 5.91 Å². The van der Waals surface area contributed by atoms with E-state index in [1.165, 1.54) is 0 Å². The van der Waals surface area contributed by atoms with Crippen molar-refractivity contribution in [1.29, 1.82) is 0 Å². The van der Waals surface area contributed by atoms with Gasteiger partial charge >= 0.3 is 0 Å². The summed E-state index contributed by atoms with van der Waals surface area (Å²) in [5.41, 5.74) is 6.87. The molecular formula is C10H17N3O. The Kier molecular flexibility index (Phi) is 4.04. The van der Waals surface area contributed by atoms with Gasteiger partial charge in [0.1, 0.15) is 0 Å². The molecule has 1 aliphatic rings. The molecule has 0 radical (unpaired) electrons. The normalized spacial score (nSPS) is 15.2. The number of unbranched alkanes of at least 4 members (excludes halogenated alkanes) is 1. The summed E-state index contributed by atoms with van der Waals surface area (Å²) < 4.78 is 0. The van der Waals surface area contributed by atoms with Crippen LogP contribution in [0.4, 0.5) is 0 Å². The van der Waals surface area contributed by atoms with Crippen LogP contribution in [0.3, 0.4) is 0 Å². The van der Waals surface area contributed by atoms with Crippen LogP contribution < -0.4 is 16.4 Å². The number of nitrogens with two attached hydrogens (primary N) is 1. The molecule has 1 amide bonds. The molecule has 0 saturated carbocycles. The lowest BCUT2D eigenvalue weighted by atomic mass is 10.1. The SMILES string of the molecule is CCCCNC(=O)C1=C(N)CNC=C1. The zero-order valence-corrected chi connectivity index (χ0v) is 8.47. The van der Waals surface area contributed by atoms with Crippen molar-refractivity contribution >= 4 is 5.91 Å². The number of dihydropyridines is 1. The van der Waals surface area contributed by atoms with E-state index in [0.29, 0.717) is 24.4 Å². The summed E-state index contributed by atoms with van der Waals surface area (Å²) in [6.07, 6.45) is 5.53. The monoisotopic (exact) mass is 195 g/mol. The minimum absolute atomic E-state index is 0.0753. The lowest BCUT2D eigenvalue weighted by Crippen LogP contribution is -2.31. The first-order chi connectivity index (χ1) is 6.75. The van der Waals surface area contributed by atoms with Gasteiger partial charge in [0.2, 0.25) is 0 Å². The molecule has 78 valence electrons. The summed E-state index contributed by atoms with van der Waals surface area (Å²) in [6, 6.07) is 0. The van der Waals surface area contributed by atoms with Crippen LogP contribution in [0.15, 0.2) is 23.5 Å². The minimum Gasteiger partial charge on any atom is -0.400 e. The molecule has 4 nitrogen and oxygen atoms in total. The largest absolute Gasteiger partial charge is 0.400 e. The fraction of sp³-hybridized carbons (Fsp3) is 0.500. The Balaban J connectivity index is 2.47. The highest BCUT2D eigenvalue weighted by atomic mass is 16.1. The number of carbonyl (C=O) groups is 1. The smallest absolute Gasteiger partial charge is 0.253 e. The molecule has 0 aromatic rings. The third kappa shape index (κ3) is 2.80. The molecule has 0 unspecified atom stereocenters. The molecule has 1 rings (SSSR count). The number of hydrogen-bond acceptors (Lipinski definition) is 3. The second-order valence-electron chi connectivity index (χ2n) is 3.26. The van der Waals surface area contributed by atoms with E-state index in [4.69, 9.17) is 5.73 Å². The van der Waals surface area contributed by atoms with Crippen molar-refractivity contribution < 1.29 is 4.79 Å². The van der Waals surface area contributed by atoms with E-state index in [1.807, 2.05) is 0 Å². The Labute approximate surface area is 84.2 Å². The second-order valence-corrected chi connectivity index (χ2v) is 3.26. The molecule has 0 aromatic heterocycles. The van der Waals surface area contributed by atoms with Gasteiger partial charge in [0.05, 0.1) is 12.1 Å². The average molecular weight is 195 g/mol. The maximum atomic E-state index is 11.6. The van der Waals surface area contributed by atoms with E-state index >= 15 is 0 Å². The lowest BCUT2D eigenvalue weighted by molar-refractivity contribution is -0.117. The topological polar surface area (TPSA) is 67.2 Å². The Hall–Kier alpha value is -1.45. The molecular weight excluding hydrogens is 178 g/mol. The van der Waals surface area contributed by atoms with Crippen molar-refractivity contribution in [3.8, 4) is 0 Å². The van der Waals surface area contributed by atoms with Crippen molar-refractivity contribution in [3.05, 3.63) is 23.5 Å². The zero-order chi connectivity index (χ0) is 10.4. The van der Waals surface area contributed by atoms with E-state index < -0.39 is 0 Å². The Morgan fingerprint density at radius 2 is 2.50 bits per heavy atom. The van der Waals surface area contributed by atoms with Crippen LogP contribution in [0.25, 0.3) is 0 Å². The Morgan fingerprint density at radius 1 is 1.71 bits per heavy atom. The molecule has 0 aromatic carbocycles. The fourth-order valence-corrected chi connectivity index (χ4v) is 1.21. The molecule has 14 heavy (non-hydrogen) atoms. The number of amides is 1. The first-order valence-electron chi connectivity index (χ1n) is 4.92. The summed E-state index contributed by atoms with van der Waals surface area (Å²) >= 11 is 0. The van der Waals surface area contributed by atoms with Crippen LogP contribution in [-0.4, -0.2) is 19.0 Å². The van der Waals surface area contributed by atoms with E-state index in [2.05, 4.69) is 17.6 Å². The van der Waals surface area contributed by atoms with Crippen molar-refractivity contribution in [2.75, 3.05) is 13.1 Å². The van der Waals surface area contributed by atoms with Gasteiger partial charge in [-0.15, -0.1) is 0 Å². The molecule has 0 spiro atoms. The predicted octanol–water partition coefficient (Wildman–Crippen LogP) is 0.232. The highest BCUT2D eigenvalue weighted by molar-refractivity contribution is 5.97. The van der Waals surface area contributed by atoms with Gasteiger partial charge in [-0.1, -0.05) is 13.3 Å². The van der Waals surface area contributed by atoms with Crippen LogP contribution in [-0.2, 0) is 4.79 Å². The van der Waals surface area contributed by atoms with Gasteiger partial charge in [0.15, 0.2) is 0 Å². The Morgan fingerprint density at radius 3 is 3.14 bits per heavy atom. The molecule has 0 atom stereocenters. The van der Waals surface area contributed by atoms with Gasteiger partial charge in [0.25, 0.3) is 5.91 Å². The van der Waals surface area contributed by atoms with Crippen LogP contribution >= 0.6 is 0 Å². The van der Waals surface area contributed by atoms with Crippen molar-refractivity contribution in [2.45, 2.75) is 19.8 Å². The molecule has 1 heterocycles. The summed E-state index contributed by atoms with van der Waals surface area (Å²) in [5, 5.41) is 5.77. The average Bonchev–Trinajstić information content (AvgIpc) is 2.18. The zero-order valence-electron chi connectivity index (χ0n) is 8.47. The first-order valence-corrected chi connectivity index (χ1v) is 4.92. The number of nitrogens with one attached hydrogen (secondary N) is 2. The molecule has 0 bridgehead atoms. The van der Waals surface area contributed by atoms with Crippen LogP contribution in [0.5, 0.6) is 0 Å². The van der Waals surface area contributed by atoms with Crippen molar-refractivity contribution in [3.63, 3.8) is 0 Å². The van der Waals surface area contributed by atoms with Crippen LogP contribution in [0.2, 0.25) is 0 Å². The molecule has 0 fully saturated rings. The minimum atomic E-state index is -0.0753. The third-order valence-corrected chi connectivity index (χ3v) is 2.07. The number of rotatable bonds is 4. The lowest BCUT2D eigenvalue weighted by Gasteiger charge is -2.13. The molecule has 0 aliphatic carbocycles. The van der Waals surface area contributed by atoms with Gasteiger partial charge in [-0.25, -0.2) is 0 Å². The highest BCUT2D eigenvalue weighted by Crippen LogP contribution is 2.04. The van der Waals surface area contributed by atoms with Crippen LogP contribution in [0.1, 0.15) is 19.8 Å². The van der Waals surface area contributed by atoms with E-state index in [1.54, 1.807) is 12.3 Å². The molecule has 4 N–H and O–H groups in total. The third-order valence-electron chi connectivity index (χ3n) is 2.07. The van der Waals surface area contributed by atoms with Crippen molar-refractivity contribution in [2.24, 2.45) is 5.73 Å². The van der Waals surface area contributed by atoms with Gasteiger partial charge in [-0.05, 0) is 18.7 Å². The summed E-state index contributed by atoms with van der Waals surface area (Å²) in [6.45, 7) is 3.35. The maximum Gasteiger partial charge on any atom is 0.253 e. The van der Waals surface area contributed by atoms with Crippen molar-refractivity contribution in [1.82, 2.24) is 10.6 Å². The van der Waals surface area contributed by atoms with Gasteiger partial charge in [0, 0.05) is 12.2 Å². The van der Waals surface area contributed by atoms with Gasteiger partial charge in [-0.2, -0.15) is 0 Å². The predicted molar refractivity (Wildman–Crippen MR) is 56.3 cm³/mol. The van der Waals surface area contributed by atoms with E-state index in [9.17, 15) is 4.79 Å². The van der Waals surface area contributed by atoms with Gasteiger partial charge in [-0.3, -0.25) is 4.79 Å². The number of carbonyl (C=O) groups excluding carboxylic acids is 1. The standard InChI is InChI=1S/C10H17N3O/c1-2-3-5-13-10(14)8-4-6-12-7-9(8)11/h4,6,12H,2-3,5,7,11H2,1H3,(H,13,14).